The minimum Gasteiger partial charge on any atom is -0.323 e. The predicted octanol–water partition coefficient (Wildman–Crippen LogP) is 2.89. The van der Waals surface area contributed by atoms with Gasteiger partial charge in [0.2, 0.25) is 0 Å². The second-order valence-electron chi connectivity index (χ2n) is 7.22. The smallest absolute Gasteiger partial charge is 0.0900 e. The van der Waals surface area contributed by atoms with Gasteiger partial charge in [0, 0.05) is 16.5 Å². The van der Waals surface area contributed by atoms with E-state index in [4.69, 9.17) is 5.73 Å². The van der Waals surface area contributed by atoms with Crippen molar-refractivity contribution in [1.29, 1.82) is 0 Å². The molecule has 1 aliphatic heterocycles. The molecule has 19 heavy (non-hydrogen) atoms. The average Bonchev–Trinajstić information content (AvgIpc) is 2.77. The molecule has 1 aliphatic carbocycles. The third kappa shape index (κ3) is 2.14. The highest BCUT2D eigenvalue weighted by Crippen LogP contribution is 2.52. The third-order valence-electron chi connectivity index (χ3n) is 5.00. The van der Waals surface area contributed by atoms with Gasteiger partial charge in [0.15, 0.2) is 0 Å². The first kappa shape index (κ1) is 13.5. The summed E-state index contributed by atoms with van der Waals surface area (Å²) in [5.74, 6) is 0. The first-order valence-electron chi connectivity index (χ1n) is 7.29. The first-order chi connectivity index (χ1) is 8.82. The van der Waals surface area contributed by atoms with Crippen molar-refractivity contribution in [2.24, 2.45) is 11.1 Å². The molecule has 0 amide bonds. The maximum atomic E-state index is 6.58. The highest BCUT2D eigenvalue weighted by atomic mass is 32.1. The fourth-order valence-electron chi connectivity index (χ4n) is 3.69. The number of aryl methyl sites for hydroxylation is 1. The standard InChI is InChI=1S/C15H25N3S/c1-10-17-11-9-15(13(16)12(11)19-10)5-7-18(8-6-15)14(2,3)4/h13H,5-9,16H2,1-4H3. The Labute approximate surface area is 120 Å². The Kier molecular flexibility index (Phi) is 3.04. The summed E-state index contributed by atoms with van der Waals surface area (Å²) < 4.78 is 0. The van der Waals surface area contributed by atoms with Crippen LogP contribution < -0.4 is 5.73 Å². The third-order valence-corrected chi connectivity index (χ3v) is 6.10. The van der Waals surface area contributed by atoms with Gasteiger partial charge in [-0.3, -0.25) is 4.90 Å². The maximum Gasteiger partial charge on any atom is 0.0900 e. The zero-order valence-electron chi connectivity index (χ0n) is 12.5. The van der Waals surface area contributed by atoms with Crippen molar-refractivity contribution >= 4 is 11.3 Å². The van der Waals surface area contributed by atoms with Crippen LogP contribution in [0.3, 0.4) is 0 Å². The van der Waals surface area contributed by atoms with E-state index in [9.17, 15) is 0 Å². The van der Waals surface area contributed by atoms with Crippen LogP contribution in [0.25, 0.3) is 0 Å². The number of thiazole rings is 1. The van der Waals surface area contributed by atoms with E-state index in [-0.39, 0.29) is 11.6 Å². The van der Waals surface area contributed by atoms with E-state index >= 15 is 0 Å². The summed E-state index contributed by atoms with van der Waals surface area (Å²) in [5.41, 5.74) is 8.44. The number of aromatic nitrogens is 1. The van der Waals surface area contributed by atoms with Crippen LogP contribution in [-0.2, 0) is 6.42 Å². The molecule has 0 radical (unpaired) electrons. The number of nitrogens with zero attached hydrogens (tertiary/aromatic N) is 2. The molecule has 0 aromatic carbocycles. The molecule has 2 N–H and O–H groups in total. The lowest BCUT2D eigenvalue weighted by atomic mass is 9.73. The van der Waals surface area contributed by atoms with E-state index in [1.807, 2.05) is 11.3 Å². The zero-order chi connectivity index (χ0) is 13.8. The molecule has 3 nitrogen and oxygen atoms in total. The van der Waals surface area contributed by atoms with Gasteiger partial charge in [-0.15, -0.1) is 11.3 Å². The predicted molar refractivity (Wildman–Crippen MR) is 80.5 cm³/mol. The molecular weight excluding hydrogens is 254 g/mol. The largest absolute Gasteiger partial charge is 0.323 e. The van der Waals surface area contributed by atoms with Crippen LogP contribution in [-0.4, -0.2) is 28.5 Å². The number of fused-ring (bicyclic) bond motifs is 1. The van der Waals surface area contributed by atoms with Gasteiger partial charge in [0.1, 0.15) is 0 Å². The summed E-state index contributed by atoms with van der Waals surface area (Å²) in [6.07, 6.45) is 3.53. The van der Waals surface area contributed by atoms with Crippen molar-refractivity contribution in [2.45, 2.75) is 58.5 Å². The van der Waals surface area contributed by atoms with E-state index < -0.39 is 0 Å². The number of piperidine rings is 1. The van der Waals surface area contributed by atoms with Crippen LogP contribution in [0.2, 0.25) is 0 Å². The highest BCUT2D eigenvalue weighted by Gasteiger charge is 2.48. The number of hydrogen-bond donors (Lipinski definition) is 1. The Bertz CT molecular complexity index is 478. The molecule has 1 atom stereocenters. The van der Waals surface area contributed by atoms with E-state index in [2.05, 4.69) is 37.6 Å². The monoisotopic (exact) mass is 279 g/mol. The van der Waals surface area contributed by atoms with E-state index in [0.717, 1.165) is 6.42 Å². The molecule has 2 heterocycles. The van der Waals surface area contributed by atoms with Crippen molar-refractivity contribution in [3.8, 4) is 0 Å². The lowest BCUT2D eigenvalue weighted by Gasteiger charge is -2.46. The lowest BCUT2D eigenvalue weighted by Crippen LogP contribution is -2.51. The topological polar surface area (TPSA) is 42.1 Å². The molecule has 0 saturated carbocycles. The van der Waals surface area contributed by atoms with Gasteiger partial charge < -0.3 is 5.73 Å². The number of likely N-dealkylation sites (tertiary alicyclic amines) is 1. The number of nitrogens with two attached hydrogens (primary N) is 1. The first-order valence-corrected chi connectivity index (χ1v) is 8.10. The zero-order valence-corrected chi connectivity index (χ0v) is 13.3. The molecule has 1 saturated heterocycles. The van der Waals surface area contributed by atoms with Crippen molar-refractivity contribution in [3.63, 3.8) is 0 Å². The normalized spacial score (nSPS) is 26.9. The van der Waals surface area contributed by atoms with Gasteiger partial charge in [-0.25, -0.2) is 4.98 Å². The summed E-state index contributed by atoms with van der Waals surface area (Å²) in [7, 11) is 0. The van der Waals surface area contributed by atoms with Crippen molar-refractivity contribution in [3.05, 3.63) is 15.6 Å². The SMILES string of the molecule is Cc1nc2c(s1)C(N)C1(CCN(C(C)(C)C)CC1)C2. The van der Waals surface area contributed by atoms with E-state index in [1.165, 1.54) is 41.5 Å². The number of rotatable bonds is 0. The van der Waals surface area contributed by atoms with Gasteiger partial charge in [-0.1, -0.05) is 0 Å². The molecule has 1 unspecified atom stereocenters. The Hall–Kier alpha value is -0.450. The molecule has 1 spiro atoms. The Balaban J connectivity index is 1.77. The van der Waals surface area contributed by atoms with Crippen molar-refractivity contribution < 1.29 is 0 Å². The summed E-state index contributed by atoms with van der Waals surface area (Å²) in [5, 5.41) is 1.17. The highest BCUT2D eigenvalue weighted by molar-refractivity contribution is 7.11. The summed E-state index contributed by atoms with van der Waals surface area (Å²) in [6, 6.07) is 0.218. The van der Waals surface area contributed by atoms with Gasteiger partial charge in [0.25, 0.3) is 0 Å². The Morgan fingerprint density at radius 1 is 1.32 bits per heavy atom. The van der Waals surface area contributed by atoms with Gasteiger partial charge >= 0.3 is 0 Å². The number of hydrogen-bond acceptors (Lipinski definition) is 4. The van der Waals surface area contributed by atoms with Gasteiger partial charge in [0.05, 0.1) is 10.7 Å². The molecule has 1 fully saturated rings. The molecule has 0 bridgehead atoms. The quantitative estimate of drug-likeness (QED) is 0.794. The summed E-state index contributed by atoms with van der Waals surface area (Å²) >= 11 is 1.81. The fraction of sp³-hybridized carbons (Fsp3) is 0.800. The van der Waals surface area contributed by atoms with Crippen molar-refractivity contribution in [1.82, 2.24) is 9.88 Å². The Morgan fingerprint density at radius 3 is 2.47 bits per heavy atom. The van der Waals surface area contributed by atoms with Crippen LogP contribution in [0.4, 0.5) is 0 Å². The second kappa shape index (κ2) is 4.27. The minimum atomic E-state index is 0.218. The molecule has 1 aromatic heterocycles. The molecule has 3 rings (SSSR count). The molecule has 2 aliphatic rings. The van der Waals surface area contributed by atoms with Crippen LogP contribution in [0.1, 0.15) is 55.2 Å². The Morgan fingerprint density at radius 2 is 1.95 bits per heavy atom. The fourth-order valence-corrected chi connectivity index (χ4v) is 4.77. The molecule has 1 aromatic rings. The molecular formula is C15H25N3S. The maximum absolute atomic E-state index is 6.58. The van der Waals surface area contributed by atoms with E-state index in [1.54, 1.807) is 0 Å². The van der Waals surface area contributed by atoms with E-state index in [0.29, 0.717) is 5.41 Å². The summed E-state index contributed by atoms with van der Waals surface area (Å²) in [4.78, 5) is 8.64. The van der Waals surface area contributed by atoms with Crippen LogP contribution >= 0.6 is 11.3 Å². The second-order valence-corrected chi connectivity index (χ2v) is 8.45. The van der Waals surface area contributed by atoms with Gasteiger partial charge in [-0.05, 0) is 65.5 Å². The molecule has 4 heteroatoms. The van der Waals surface area contributed by atoms with Crippen LogP contribution in [0.15, 0.2) is 0 Å². The molecule has 106 valence electrons. The van der Waals surface area contributed by atoms with Crippen LogP contribution in [0.5, 0.6) is 0 Å². The average molecular weight is 279 g/mol. The van der Waals surface area contributed by atoms with Gasteiger partial charge in [-0.2, -0.15) is 0 Å². The summed E-state index contributed by atoms with van der Waals surface area (Å²) in [6.45, 7) is 11.4. The minimum absolute atomic E-state index is 0.218. The van der Waals surface area contributed by atoms with Crippen molar-refractivity contribution in [2.75, 3.05) is 13.1 Å². The van der Waals surface area contributed by atoms with Crippen LogP contribution in [0, 0.1) is 12.3 Å². The lowest BCUT2D eigenvalue weighted by molar-refractivity contribution is 0.0346.